The van der Waals surface area contributed by atoms with Crippen LogP contribution in [-0.2, 0) is 17.9 Å². The Morgan fingerprint density at radius 3 is 2.42 bits per heavy atom. The third kappa shape index (κ3) is 5.17. The maximum absolute atomic E-state index is 13.3. The van der Waals surface area contributed by atoms with Crippen molar-refractivity contribution >= 4 is 35.6 Å². The summed E-state index contributed by atoms with van der Waals surface area (Å²) in [6, 6.07) is 15.3. The SMILES string of the molecule is O=C(NC1CC1)c1ccc(CN(C(=O)Cn2c(-c3ccc(Cl)cc3)n[nH]c2=S)C2CC2)cc1. The molecule has 2 amide bonds. The molecule has 0 saturated heterocycles. The second-order valence-corrected chi connectivity index (χ2v) is 9.47. The van der Waals surface area contributed by atoms with Gasteiger partial charge in [-0.05, 0) is 79.9 Å². The Morgan fingerprint density at radius 2 is 1.79 bits per heavy atom. The van der Waals surface area contributed by atoms with E-state index >= 15 is 0 Å². The van der Waals surface area contributed by atoms with E-state index in [2.05, 4.69) is 15.5 Å². The standard InChI is InChI=1S/C24H24ClN5O2S/c25-18-7-5-16(6-8-18)22-27-28-24(33)30(22)14-21(31)29(20-11-12-20)13-15-1-3-17(4-2-15)23(32)26-19-9-10-19/h1-8,19-20H,9-14H2,(H,26,32)(H,28,33). The number of hydrogen-bond acceptors (Lipinski definition) is 4. The van der Waals surface area contributed by atoms with E-state index in [-0.39, 0.29) is 24.4 Å². The smallest absolute Gasteiger partial charge is 0.251 e. The van der Waals surface area contributed by atoms with Gasteiger partial charge in [-0.25, -0.2) is 0 Å². The third-order valence-electron chi connectivity index (χ3n) is 5.94. The Hall–Kier alpha value is -2.97. The highest BCUT2D eigenvalue weighted by atomic mass is 35.5. The minimum atomic E-state index is -0.0387. The van der Waals surface area contributed by atoms with Crippen LogP contribution in [0.4, 0.5) is 0 Å². The molecule has 1 aromatic heterocycles. The van der Waals surface area contributed by atoms with E-state index in [0.717, 1.165) is 36.8 Å². The van der Waals surface area contributed by atoms with Crippen molar-refractivity contribution in [2.45, 2.75) is 50.9 Å². The first-order valence-corrected chi connectivity index (χ1v) is 11.9. The Morgan fingerprint density at radius 1 is 1.09 bits per heavy atom. The number of nitrogens with zero attached hydrogens (tertiary/aromatic N) is 3. The van der Waals surface area contributed by atoms with E-state index in [0.29, 0.717) is 33.8 Å². The van der Waals surface area contributed by atoms with E-state index in [9.17, 15) is 9.59 Å². The maximum atomic E-state index is 13.3. The maximum Gasteiger partial charge on any atom is 0.251 e. The van der Waals surface area contributed by atoms with E-state index in [4.69, 9.17) is 23.8 Å². The molecule has 2 N–H and O–H groups in total. The summed E-state index contributed by atoms with van der Waals surface area (Å²) in [6.45, 7) is 0.598. The predicted octanol–water partition coefficient (Wildman–Crippen LogP) is 4.34. The molecular formula is C24H24ClN5O2S. The third-order valence-corrected chi connectivity index (χ3v) is 6.51. The van der Waals surface area contributed by atoms with Crippen LogP contribution >= 0.6 is 23.8 Å². The fourth-order valence-corrected chi connectivity index (χ4v) is 4.09. The molecule has 170 valence electrons. The van der Waals surface area contributed by atoms with Gasteiger partial charge in [0.2, 0.25) is 5.91 Å². The second-order valence-electron chi connectivity index (χ2n) is 8.64. The molecule has 5 rings (SSSR count). The molecule has 2 fully saturated rings. The number of H-pyrrole nitrogens is 1. The summed E-state index contributed by atoms with van der Waals surface area (Å²) in [5, 5.41) is 10.7. The topological polar surface area (TPSA) is 83.0 Å². The van der Waals surface area contributed by atoms with Gasteiger partial charge >= 0.3 is 0 Å². The monoisotopic (exact) mass is 481 g/mol. The largest absolute Gasteiger partial charge is 0.349 e. The average molecular weight is 482 g/mol. The molecule has 3 aromatic rings. The molecule has 0 unspecified atom stereocenters. The number of amides is 2. The summed E-state index contributed by atoms with van der Waals surface area (Å²) in [5.41, 5.74) is 2.47. The van der Waals surface area contributed by atoms with Crippen LogP contribution in [0.15, 0.2) is 48.5 Å². The number of carbonyl (C=O) groups excluding carboxylic acids is 2. The van der Waals surface area contributed by atoms with Crippen molar-refractivity contribution < 1.29 is 9.59 Å². The molecule has 2 aliphatic rings. The summed E-state index contributed by atoms with van der Waals surface area (Å²) < 4.78 is 2.12. The molecule has 0 atom stereocenters. The lowest BCUT2D eigenvalue weighted by molar-refractivity contribution is -0.133. The lowest BCUT2D eigenvalue weighted by atomic mass is 10.1. The highest BCUT2D eigenvalue weighted by Crippen LogP contribution is 2.29. The lowest BCUT2D eigenvalue weighted by Gasteiger charge is -2.23. The minimum Gasteiger partial charge on any atom is -0.349 e. The van der Waals surface area contributed by atoms with Gasteiger partial charge in [-0.15, -0.1) is 0 Å². The first-order chi connectivity index (χ1) is 16.0. The van der Waals surface area contributed by atoms with Gasteiger partial charge in [-0.1, -0.05) is 23.7 Å². The van der Waals surface area contributed by atoms with Crippen molar-refractivity contribution in [3.8, 4) is 11.4 Å². The van der Waals surface area contributed by atoms with Crippen LogP contribution in [0.3, 0.4) is 0 Å². The fourth-order valence-electron chi connectivity index (χ4n) is 3.77. The molecule has 0 aliphatic heterocycles. The molecule has 0 spiro atoms. The van der Waals surface area contributed by atoms with Crippen LogP contribution in [0.5, 0.6) is 0 Å². The lowest BCUT2D eigenvalue weighted by Crippen LogP contribution is -2.35. The summed E-state index contributed by atoms with van der Waals surface area (Å²) in [6.07, 6.45) is 4.11. The highest BCUT2D eigenvalue weighted by molar-refractivity contribution is 7.71. The number of nitrogens with one attached hydrogen (secondary N) is 2. The zero-order valence-corrected chi connectivity index (χ0v) is 19.5. The van der Waals surface area contributed by atoms with Gasteiger partial charge in [-0.3, -0.25) is 19.3 Å². The van der Waals surface area contributed by atoms with Gasteiger partial charge in [0.25, 0.3) is 5.91 Å². The van der Waals surface area contributed by atoms with Gasteiger partial charge in [0, 0.05) is 34.8 Å². The number of rotatable bonds is 8. The molecule has 2 aliphatic carbocycles. The first-order valence-electron chi connectivity index (χ1n) is 11.1. The Kier molecular flexibility index (Phi) is 6.03. The number of benzene rings is 2. The van der Waals surface area contributed by atoms with Crippen molar-refractivity contribution in [1.29, 1.82) is 0 Å². The van der Waals surface area contributed by atoms with Crippen LogP contribution in [0, 0.1) is 4.77 Å². The zero-order valence-electron chi connectivity index (χ0n) is 18.0. The molecular weight excluding hydrogens is 458 g/mol. The van der Waals surface area contributed by atoms with Gasteiger partial charge < -0.3 is 10.2 Å². The van der Waals surface area contributed by atoms with E-state index in [1.165, 1.54) is 0 Å². The normalized spacial score (nSPS) is 15.3. The Balaban J connectivity index is 1.30. The second kappa shape index (κ2) is 9.11. The molecule has 7 nitrogen and oxygen atoms in total. The van der Waals surface area contributed by atoms with Gasteiger partial charge in [-0.2, -0.15) is 5.10 Å². The van der Waals surface area contributed by atoms with Crippen molar-refractivity contribution in [1.82, 2.24) is 25.0 Å². The summed E-state index contributed by atoms with van der Waals surface area (Å²) >= 11 is 11.4. The molecule has 2 saturated carbocycles. The first kappa shape index (κ1) is 21.9. The van der Waals surface area contributed by atoms with E-state index in [1.54, 1.807) is 16.7 Å². The van der Waals surface area contributed by atoms with Crippen molar-refractivity contribution in [2.24, 2.45) is 0 Å². The van der Waals surface area contributed by atoms with Crippen molar-refractivity contribution in [3.05, 3.63) is 69.5 Å². The summed E-state index contributed by atoms with van der Waals surface area (Å²) in [4.78, 5) is 27.5. The number of aromatic nitrogens is 3. The number of hydrogen-bond donors (Lipinski definition) is 2. The van der Waals surface area contributed by atoms with Crippen LogP contribution < -0.4 is 5.32 Å². The summed E-state index contributed by atoms with van der Waals surface area (Å²) in [7, 11) is 0. The quantitative estimate of drug-likeness (QED) is 0.469. The summed E-state index contributed by atoms with van der Waals surface area (Å²) in [5.74, 6) is 0.552. The molecule has 1 heterocycles. The number of carbonyl (C=O) groups is 2. The minimum absolute atomic E-state index is 0.0132. The molecule has 2 aromatic carbocycles. The van der Waals surface area contributed by atoms with Gasteiger partial charge in [0.05, 0.1) is 0 Å². The zero-order chi connectivity index (χ0) is 22.9. The van der Waals surface area contributed by atoms with Gasteiger partial charge in [0.15, 0.2) is 10.6 Å². The highest BCUT2D eigenvalue weighted by Gasteiger charge is 2.33. The van der Waals surface area contributed by atoms with E-state index < -0.39 is 0 Å². The Labute approximate surface area is 201 Å². The molecule has 0 bridgehead atoms. The molecule has 33 heavy (non-hydrogen) atoms. The van der Waals surface area contributed by atoms with Crippen LogP contribution in [-0.4, -0.2) is 43.6 Å². The molecule has 0 radical (unpaired) electrons. The number of halogens is 1. The Bertz CT molecular complexity index is 1230. The average Bonchev–Trinajstić information content (AvgIpc) is 3.74. The number of aromatic amines is 1. The van der Waals surface area contributed by atoms with Crippen molar-refractivity contribution in [2.75, 3.05) is 0 Å². The van der Waals surface area contributed by atoms with E-state index in [1.807, 2.05) is 41.3 Å². The van der Waals surface area contributed by atoms with Crippen LogP contribution in [0.1, 0.15) is 41.6 Å². The van der Waals surface area contributed by atoms with Crippen LogP contribution in [0.2, 0.25) is 5.02 Å². The van der Waals surface area contributed by atoms with Crippen molar-refractivity contribution in [3.63, 3.8) is 0 Å². The predicted molar refractivity (Wildman–Crippen MR) is 128 cm³/mol. The fraction of sp³-hybridized carbons (Fsp3) is 0.333. The van der Waals surface area contributed by atoms with Crippen LogP contribution in [0.25, 0.3) is 11.4 Å². The molecule has 9 heteroatoms. The van der Waals surface area contributed by atoms with Gasteiger partial charge in [0.1, 0.15) is 6.54 Å².